The maximum atomic E-state index is 13.7. The Labute approximate surface area is 187 Å². The number of carbonyl (C=O) groups is 1. The second kappa shape index (κ2) is 8.85. The van der Waals surface area contributed by atoms with Gasteiger partial charge in [-0.05, 0) is 49.2 Å². The summed E-state index contributed by atoms with van der Waals surface area (Å²) in [7, 11) is -3.98. The number of hydrogen-bond acceptors (Lipinski definition) is 4. The molecule has 0 aliphatic heterocycles. The van der Waals surface area contributed by atoms with Crippen molar-refractivity contribution in [1.82, 2.24) is 3.97 Å². The van der Waals surface area contributed by atoms with Crippen LogP contribution in [0.2, 0.25) is 0 Å². The van der Waals surface area contributed by atoms with Crippen molar-refractivity contribution in [3.63, 3.8) is 0 Å². The molecule has 162 valence electrons. The Balaban J connectivity index is 2.05. The Morgan fingerprint density at radius 1 is 0.906 bits per heavy atom. The van der Waals surface area contributed by atoms with Gasteiger partial charge in [-0.15, -0.1) is 0 Å². The molecule has 0 aliphatic carbocycles. The minimum absolute atomic E-state index is 0.140. The zero-order chi connectivity index (χ0) is 22.7. The van der Waals surface area contributed by atoms with Crippen molar-refractivity contribution in [2.24, 2.45) is 0 Å². The van der Waals surface area contributed by atoms with Gasteiger partial charge in [0.25, 0.3) is 10.0 Å². The molecule has 0 amide bonds. The van der Waals surface area contributed by atoms with Crippen molar-refractivity contribution in [2.75, 3.05) is 6.61 Å². The number of para-hydroxylation sites is 1. The van der Waals surface area contributed by atoms with Crippen molar-refractivity contribution >= 4 is 39.0 Å². The van der Waals surface area contributed by atoms with E-state index in [4.69, 9.17) is 4.74 Å². The highest BCUT2D eigenvalue weighted by atomic mass is 32.2. The van der Waals surface area contributed by atoms with Gasteiger partial charge in [0, 0.05) is 5.39 Å². The topological polar surface area (TPSA) is 65.4 Å². The number of rotatable bonds is 6. The highest BCUT2D eigenvalue weighted by molar-refractivity contribution is 7.90. The van der Waals surface area contributed by atoms with Crippen molar-refractivity contribution in [3.8, 4) is 0 Å². The number of nitrogens with zero attached hydrogens (tertiary/aromatic N) is 1. The van der Waals surface area contributed by atoms with Gasteiger partial charge in [-0.25, -0.2) is 17.2 Å². The first kappa shape index (κ1) is 21.6. The molecule has 0 radical (unpaired) electrons. The van der Waals surface area contributed by atoms with Crippen LogP contribution in [-0.4, -0.2) is 25.0 Å². The Bertz CT molecular complexity index is 1420. The summed E-state index contributed by atoms with van der Waals surface area (Å²) in [5.74, 6) is -0.560. The molecule has 0 saturated heterocycles. The molecule has 3 aromatic carbocycles. The minimum atomic E-state index is -3.98. The van der Waals surface area contributed by atoms with E-state index in [1.165, 1.54) is 3.97 Å². The fourth-order valence-corrected chi connectivity index (χ4v) is 5.24. The van der Waals surface area contributed by atoms with E-state index in [1.807, 2.05) is 37.3 Å². The van der Waals surface area contributed by atoms with Crippen LogP contribution in [0.1, 0.15) is 34.1 Å². The van der Waals surface area contributed by atoms with Gasteiger partial charge in [-0.1, -0.05) is 66.7 Å². The smallest absolute Gasteiger partial charge is 0.340 e. The summed E-state index contributed by atoms with van der Waals surface area (Å²) in [5.41, 5.74) is 2.87. The van der Waals surface area contributed by atoms with Crippen LogP contribution >= 0.6 is 0 Å². The third-order valence-electron chi connectivity index (χ3n) is 5.24. The van der Waals surface area contributed by atoms with Crippen LogP contribution in [0.3, 0.4) is 0 Å². The van der Waals surface area contributed by atoms with Crippen LogP contribution in [-0.2, 0) is 14.8 Å². The monoisotopic (exact) mass is 445 g/mol. The van der Waals surface area contributed by atoms with Gasteiger partial charge in [0.2, 0.25) is 0 Å². The largest absolute Gasteiger partial charge is 0.462 e. The molecular formula is C26H23NO4S. The molecule has 6 heteroatoms. The van der Waals surface area contributed by atoms with Gasteiger partial charge in [0.15, 0.2) is 0 Å². The molecule has 32 heavy (non-hydrogen) atoms. The van der Waals surface area contributed by atoms with Crippen LogP contribution in [0.15, 0.2) is 83.8 Å². The first-order valence-electron chi connectivity index (χ1n) is 10.3. The fourth-order valence-electron chi connectivity index (χ4n) is 3.70. The van der Waals surface area contributed by atoms with Gasteiger partial charge in [0.1, 0.15) is 0 Å². The molecular weight excluding hydrogens is 422 g/mol. The molecule has 1 aromatic heterocycles. The quantitative estimate of drug-likeness (QED) is 0.366. The fraction of sp³-hybridized carbons (Fsp3) is 0.115. The molecule has 0 spiro atoms. The molecule has 0 bridgehead atoms. The van der Waals surface area contributed by atoms with Gasteiger partial charge in [0.05, 0.1) is 28.3 Å². The number of benzene rings is 3. The summed E-state index contributed by atoms with van der Waals surface area (Å²) in [6.45, 7) is 3.88. The first-order valence-corrected chi connectivity index (χ1v) is 11.7. The van der Waals surface area contributed by atoms with E-state index in [9.17, 15) is 13.2 Å². The molecule has 5 nitrogen and oxygen atoms in total. The molecule has 1 heterocycles. The highest BCUT2D eigenvalue weighted by Crippen LogP contribution is 2.32. The van der Waals surface area contributed by atoms with E-state index in [1.54, 1.807) is 67.6 Å². The number of ether oxygens (including phenoxy) is 1. The zero-order valence-corrected chi connectivity index (χ0v) is 18.7. The summed E-state index contributed by atoms with van der Waals surface area (Å²) >= 11 is 0. The second-order valence-electron chi connectivity index (χ2n) is 7.27. The molecule has 0 unspecified atom stereocenters. The van der Waals surface area contributed by atoms with Crippen molar-refractivity contribution in [3.05, 3.63) is 101 Å². The van der Waals surface area contributed by atoms with Crippen molar-refractivity contribution < 1.29 is 17.9 Å². The second-order valence-corrected chi connectivity index (χ2v) is 9.06. The molecule has 0 N–H and O–H groups in total. The Kier molecular flexibility index (Phi) is 5.97. The molecule has 0 aliphatic rings. The molecule has 0 atom stereocenters. The Hall–Kier alpha value is -3.64. The number of hydrogen-bond donors (Lipinski definition) is 0. The lowest BCUT2D eigenvalue weighted by Gasteiger charge is -2.11. The van der Waals surface area contributed by atoms with E-state index < -0.39 is 16.0 Å². The van der Waals surface area contributed by atoms with E-state index in [0.717, 1.165) is 11.1 Å². The van der Waals surface area contributed by atoms with E-state index in [-0.39, 0.29) is 22.8 Å². The lowest BCUT2D eigenvalue weighted by molar-refractivity contribution is 0.0528. The standard InChI is InChI=1S/C26H23NO4S/c1-3-31-26(28)25-22-15-9-10-16-23(22)27(32(29,30)21-13-5-4-6-14-21)24(25)18-17-20-12-8-7-11-19(20)2/h4-18H,3H2,1-2H3/b18-17+. The Morgan fingerprint density at radius 3 is 2.28 bits per heavy atom. The first-order chi connectivity index (χ1) is 15.4. The number of aryl methyl sites for hydroxylation is 1. The predicted molar refractivity (Wildman–Crippen MR) is 127 cm³/mol. The van der Waals surface area contributed by atoms with Crippen molar-refractivity contribution in [1.29, 1.82) is 0 Å². The summed E-state index contributed by atoms with van der Waals surface area (Å²) in [6.07, 6.45) is 3.50. The van der Waals surface area contributed by atoms with Crippen LogP contribution in [0.4, 0.5) is 0 Å². The maximum absolute atomic E-state index is 13.7. The summed E-state index contributed by atoms with van der Waals surface area (Å²) < 4.78 is 34.0. The highest BCUT2D eigenvalue weighted by Gasteiger charge is 2.29. The normalized spacial score (nSPS) is 11.8. The number of esters is 1. The lowest BCUT2D eigenvalue weighted by atomic mass is 10.1. The van der Waals surface area contributed by atoms with E-state index in [2.05, 4.69) is 0 Å². The van der Waals surface area contributed by atoms with Crippen LogP contribution in [0.25, 0.3) is 23.1 Å². The average Bonchev–Trinajstić information content (AvgIpc) is 3.14. The summed E-state index contributed by atoms with van der Waals surface area (Å²) in [5, 5.41) is 0.523. The van der Waals surface area contributed by atoms with E-state index in [0.29, 0.717) is 10.9 Å². The van der Waals surface area contributed by atoms with Crippen molar-refractivity contribution in [2.45, 2.75) is 18.7 Å². The minimum Gasteiger partial charge on any atom is -0.462 e. The van der Waals surface area contributed by atoms with Crippen LogP contribution < -0.4 is 0 Å². The molecule has 0 saturated carbocycles. The zero-order valence-electron chi connectivity index (χ0n) is 17.9. The van der Waals surface area contributed by atoms with Gasteiger partial charge < -0.3 is 4.74 Å². The SMILES string of the molecule is CCOC(=O)c1c(/C=C/c2ccccc2C)n(S(=O)(=O)c2ccccc2)c2ccccc12. The lowest BCUT2D eigenvalue weighted by Crippen LogP contribution is -2.15. The maximum Gasteiger partial charge on any atom is 0.340 e. The van der Waals surface area contributed by atoms with Crippen LogP contribution in [0.5, 0.6) is 0 Å². The molecule has 4 aromatic rings. The summed E-state index contributed by atoms with van der Waals surface area (Å²) in [4.78, 5) is 13.1. The predicted octanol–water partition coefficient (Wildman–Crippen LogP) is 5.53. The van der Waals surface area contributed by atoms with Gasteiger partial charge in [-0.2, -0.15) is 0 Å². The molecule has 0 fully saturated rings. The van der Waals surface area contributed by atoms with Crippen LogP contribution in [0, 0.1) is 6.92 Å². The van der Waals surface area contributed by atoms with Gasteiger partial charge in [-0.3, -0.25) is 0 Å². The number of aromatic nitrogens is 1. The number of fused-ring (bicyclic) bond motifs is 1. The Morgan fingerprint density at radius 2 is 1.56 bits per heavy atom. The molecule has 4 rings (SSSR count). The average molecular weight is 446 g/mol. The van der Waals surface area contributed by atoms with Gasteiger partial charge >= 0.3 is 5.97 Å². The number of carbonyl (C=O) groups excluding carboxylic acids is 1. The van der Waals surface area contributed by atoms with E-state index >= 15 is 0 Å². The third kappa shape index (κ3) is 3.85. The summed E-state index contributed by atoms with van der Waals surface area (Å²) in [6, 6.07) is 22.9. The third-order valence-corrected chi connectivity index (χ3v) is 6.98.